The molecule has 2 heterocycles. The highest BCUT2D eigenvalue weighted by atomic mass is 32.1. The molecule has 0 fully saturated rings. The molecule has 21 heavy (non-hydrogen) atoms. The van der Waals surface area contributed by atoms with Crippen LogP contribution in [0.1, 0.15) is 0 Å². The molecule has 0 radical (unpaired) electrons. The summed E-state index contributed by atoms with van der Waals surface area (Å²) in [6, 6.07) is 9.19. The summed E-state index contributed by atoms with van der Waals surface area (Å²) in [5.74, 6) is 1.25. The van der Waals surface area contributed by atoms with Crippen LogP contribution in [0.15, 0.2) is 41.1 Å². The molecule has 2 aromatic heterocycles. The van der Waals surface area contributed by atoms with Gasteiger partial charge in [-0.05, 0) is 23.6 Å². The van der Waals surface area contributed by atoms with Crippen LogP contribution in [-0.2, 0) is 0 Å². The van der Waals surface area contributed by atoms with Crippen molar-refractivity contribution in [3.8, 4) is 11.4 Å². The summed E-state index contributed by atoms with van der Waals surface area (Å²) in [5, 5.41) is 26.4. The van der Waals surface area contributed by atoms with Gasteiger partial charge < -0.3 is 15.5 Å². The van der Waals surface area contributed by atoms with Gasteiger partial charge in [-0.3, -0.25) is 0 Å². The van der Waals surface area contributed by atoms with Crippen molar-refractivity contribution in [3.05, 3.63) is 41.1 Å². The first-order valence-corrected chi connectivity index (χ1v) is 7.53. The highest BCUT2D eigenvalue weighted by Crippen LogP contribution is 2.26. The van der Waals surface area contributed by atoms with Gasteiger partial charge in [0.25, 0.3) is 0 Å². The Bertz CT molecular complexity index is 727. The predicted octanol–water partition coefficient (Wildman–Crippen LogP) is 2.12. The van der Waals surface area contributed by atoms with Crippen molar-refractivity contribution in [2.45, 2.75) is 6.04 Å². The number of nitrogens with zero attached hydrogens (tertiary/aromatic N) is 2. The van der Waals surface area contributed by atoms with Gasteiger partial charge in [0.2, 0.25) is 0 Å². The van der Waals surface area contributed by atoms with Gasteiger partial charge in [-0.2, -0.15) is 11.3 Å². The molecule has 0 aliphatic rings. The van der Waals surface area contributed by atoms with Crippen molar-refractivity contribution in [2.75, 3.05) is 18.5 Å². The summed E-state index contributed by atoms with van der Waals surface area (Å²) in [7, 11) is 0. The van der Waals surface area contributed by atoms with E-state index in [0.29, 0.717) is 11.6 Å². The lowest BCUT2D eigenvalue weighted by Crippen LogP contribution is -2.28. The van der Waals surface area contributed by atoms with Crippen molar-refractivity contribution in [1.82, 2.24) is 9.97 Å². The summed E-state index contributed by atoms with van der Waals surface area (Å²) in [4.78, 5) is 9.11. The van der Waals surface area contributed by atoms with Crippen LogP contribution in [0.2, 0.25) is 0 Å². The van der Waals surface area contributed by atoms with E-state index in [9.17, 15) is 10.2 Å². The van der Waals surface area contributed by atoms with Crippen LogP contribution in [-0.4, -0.2) is 39.4 Å². The van der Waals surface area contributed by atoms with Gasteiger partial charge >= 0.3 is 0 Å². The molecule has 5 nitrogen and oxygen atoms in total. The largest absolute Gasteiger partial charge is 0.394 e. The Morgan fingerprint density at radius 3 is 2.62 bits per heavy atom. The number of nitrogens with one attached hydrogen (secondary N) is 1. The molecule has 3 rings (SSSR count). The molecule has 108 valence electrons. The first-order chi connectivity index (χ1) is 10.3. The summed E-state index contributed by atoms with van der Waals surface area (Å²) >= 11 is 1.59. The maximum atomic E-state index is 9.25. The lowest BCUT2D eigenvalue weighted by molar-refractivity contribution is 0.203. The van der Waals surface area contributed by atoms with E-state index in [-0.39, 0.29) is 13.2 Å². The van der Waals surface area contributed by atoms with Crippen LogP contribution in [0.3, 0.4) is 0 Å². The molecule has 3 N–H and O–H groups in total. The zero-order valence-corrected chi connectivity index (χ0v) is 12.0. The predicted molar refractivity (Wildman–Crippen MR) is 84.4 cm³/mol. The fourth-order valence-electron chi connectivity index (χ4n) is 2.05. The molecular weight excluding hydrogens is 286 g/mol. The Morgan fingerprint density at radius 2 is 1.90 bits per heavy atom. The first kappa shape index (κ1) is 13.9. The number of para-hydroxylation sites is 1. The molecule has 0 bridgehead atoms. The number of aliphatic hydroxyl groups excluding tert-OH is 2. The summed E-state index contributed by atoms with van der Waals surface area (Å²) in [6.07, 6.45) is 0. The van der Waals surface area contributed by atoms with Crippen molar-refractivity contribution in [3.63, 3.8) is 0 Å². The second-order valence-corrected chi connectivity index (χ2v) is 5.41. The van der Waals surface area contributed by atoms with E-state index in [1.54, 1.807) is 11.3 Å². The fourth-order valence-corrected chi connectivity index (χ4v) is 2.68. The third-order valence-electron chi connectivity index (χ3n) is 3.16. The fraction of sp³-hybridized carbons (Fsp3) is 0.200. The quantitative estimate of drug-likeness (QED) is 0.673. The van der Waals surface area contributed by atoms with Gasteiger partial charge in [0.05, 0.1) is 24.8 Å². The lowest BCUT2D eigenvalue weighted by Gasteiger charge is -2.16. The van der Waals surface area contributed by atoms with Gasteiger partial charge in [-0.1, -0.05) is 12.1 Å². The molecule has 0 spiro atoms. The van der Waals surface area contributed by atoms with Gasteiger partial charge in [-0.25, -0.2) is 9.97 Å². The minimum atomic E-state index is -0.446. The highest BCUT2D eigenvalue weighted by Gasteiger charge is 2.13. The molecule has 0 aliphatic carbocycles. The van der Waals surface area contributed by atoms with E-state index >= 15 is 0 Å². The maximum Gasteiger partial charge on any atom is 0.162 e. The van der Waals surface area contributed by atoms with Crippen molar-refractivity contribution in [2.24, 2.45) is 0 Å². The maximum absolute atomic E-state index is 9.25. The third kappa shape index (κ3) is 2.87. The van der Waals surface area contributed by atoms with E-state index in [1.165, 1.54) is 0 Å². The van der Waals surface area contributed by atoms with Crippen LogP contribution in [0, 0.1) is 0 Å². The van der Waals surface area contributed by atoms with Gasteiger partial charge in [-0.15, -0.1) is 0 Å². The standard InChI is InChI=1S/C15H15N3O2S/c19-7-11(8-20)16-15-12-3-1-2-4-13(12)17-14(18-15)10-5-6-21-9-10/h1-6,9,11,19-20H,7-8H2,(H,16,17,18). The van der Waals surface area contributed by atoms with Crippen molar-refractivity contribution < 1.29 is 10.2 Å². The molecule has 0 unspecified atom stereocenters. The summed E-state index contributed by atoms with van der Waals surface area (Å²) in [5.41, 5.74) is 1.78. The Labute approximate surface area is 125 Å². The van der Waals surface area contributed by atoms with Crippen LogP contribution < -0.4 is 5.32 Å². The molecule has 3 aromatic rings. The van der Waals surface area contributed by atoms with Gasteiger partial charge in [0, 0.05) is 16.3 Å². The number of rotatable bonds is 5. The Balaban J connectivity index is 2.11. The van der Waals surface area contributed by atoms with E-state index in [0.717, 1.165) is 16.5 Å². The topological polar surface area (TPSA) is 78.3 Å². The highest BCUT2D eigenvalue weighted by molar-refractivity contribution is 7.08. The average molecular weight is 301 g/mol. The molecule has 0 saturated heterocycles. The van der Waals surface area contributed by atoms with E-state index in [1.807, 2.05) is 41.1 Å². The Kier molecular flexibility index (Phi) is 4.10. The molecule has 0 atom stereocenters. The smallest absolute Gasteiger partial charge is 0.162 e. The first-order valence-electron chi connectivity index (χ1n) is 6.59. The number of hydrogen-bond donors (Lipinski definition) is 3. The second-order valence-electron chi connectivity index (χ2n) is 4.63. The summed E-state index contributed by atoms with van der Waals surface area (Å²) in [6.45, 7) is -0.328. The lowest BCUT2D eigenvalue weighted by atomic mass is 10.2. The number of anilines is 1. The van der Waals surface area contributed by atoms with Crippen molar-refractivity contribution >= 4 is 28.1 Å². The van der Waals surface area contributed by atoms with Crippen LogP contribution in [0.25, 0.3) is 22.3 Å². The number of fused-ring (bicyclic) bond motifs is 1. The summed E-state index contributed by atoms with van der Waals surface area (Å²) < 4.78 is 0. The van der Waals surface area contributed by atoms with E-state index < -0.39 is 6.04 Å². The monoisotopic (exact) mass is 301 g/mol. The van der Waals surface area contributed by atoms with Crippen LogP contribution in [0.5, 0.6) is 0 Å². The number of benzene rings is 1. The minimum Gasteiger partial charge on any atom is -0.394 e. The number of hydrogen-bond acceptors (Lipinski definition) is 6. The zero-order valence-electron chi connectivity index (χ0n) is 11.2. The Hall–Kier alpha value is -2.02. The van der Waals surface area contributed by atoms with Crippen LogP contribution >= 0.6 is 11.3 Å². The zero-order chi connectivity index (χ0) is 14.7. The molecule has 1 aromatic carbocycles. The van der Waals surface area contributed by atoms with Gasteiger partial charge in [0.1, 0.15) is 5.82 Å². The number of aliphatic hydroxyl groups is 2. The third-order valence-corrected chi connectivity index (χ3v) is 3.85. The normalized spacial score (nSPS) is 11.2. The van der Waals surface area contributed by atoms with E-state index in [2.05, 4.69) is 15.3 Å². The molecular formula is C15H15N3O2S. The molecule has 0 saturated carbocycles. The second kappa shape index (κ2) is 6.17. The van der Waals surface area contributed by atoms with Crippen LogP contribution in [0.4, 0.5) is 5.82 Å². The number of thiophene rings is 1. The Morgan fingerprint density at radius 1 is 1.10 bits per heavy atom. The van der Waals surface area contributed by atoms with Crippen molar-refractivity contribution in [1.29, 1.82) is 0 Å². The molecule has 0 amide bonds. The molecule has 0 aliphatic heterocycles. The minimum absolute atomic E-state index is 0.164. The molecule has 6 heteroatoms. The number of aromatic nitrogens is 2. The van der Waals surface area contributed by atoms with Gasteiger partial charge in [0.15, 0.2) is 5.82 Å². The SMILES string of the molecule is OCC(CO)Nc1nc(-c2ccsc2)nc2ccccc12. The van der Waals surface area contributed by atoms with E-state index in [4.69, 9.17) is 0 Å². The average Bonchev–Trinajstić information content (AvgIpc) is 3.06.